The van der Waals surface area contributed by atoms with Gasteiger partial charge in [0.2, 0.25) is 5.95 Å². The fraction of sp³-hybridized carbons (Fsp3) is 0. The van der Waals surface area contributed by atoms with Gasteiger partial charge in [0.05, 0.1) is 27.6 Å². The van der Waals surface area contributed by atoms with Crippen molar-refractivity contribution in [3.05, 3.63) is 206 Å². The lowest BCUT2D eigenvalue weighted by atomic mass is 9.94. The minimum absolute atomic E-state index is 0.661. The highest BCUT2D eigenvalue weighted by Crippen LogP contribution is 2.43. The zero-order valence-electron chi connectivity index (χ0n) is 31.4. The standard InChI is InChI=1S/C54H34N4/c1-3-15-35(16-4-1)39-29-40(36-17-5-2-6-18-36)31-41(30-39)57-49-25-13-10-21-43(49)44-28-27-37(32-51(44)57)47-33-52-53(45-22-9-8-20-42(45)47)46-23-11-14-26-50(46)58(52)54-55-34-38-19-7-12-24-48(38)56-54/h1-34H. The molecule has 9 aromatic carbocycles. The zero-order chi connectivity index (χ0) is 38.2. The van der Waals surface area contributed by atoms with Crippen molar-refractivity contribution in [1.82, 2.24) is 19.1 Å². The first kappa shape index (κ1) is 32.4. The van der Waals surface area contributed by atoms with Crippen LogP contribution < -0.4 is 0 Å². The summed E-state index contributed by atoms with van der Waals surface area (Å²) >= 11 is 0. The number of para-hydroxylation sites is 3. The molecule has 0 unspecified atom stereocenters. The molecule has 4 nitrogen and oxygen atoms in total. The molecule has 3 heterocycles. The Morgan fingerprint density at radius 1 is 0.345 bits per heavy atom. The van der Waals surface area contributed by atoms with Gasteiger partial charge in [-0.25, -0.2) is 9.97 Å². The number of benzene rings is 9. The van der Waals surface area contributed by atoms with E-state index >= 15 is 0 Å². The Balaban J connectivity index is 1.14. The van der Waals surface area contributed by atoms with Crippen LogP contribution in [0.1, 0.15) is 0 Å². The highest BCUT2D eigenvalue weighted by Gasteiger charge is 2.21. The molecular weight excluding hydrogens is 705 g/mol. The van der Waals surface area contributed by atoms with Gasteiger partial charge >= 0.3 is 0 Å². The van der Waals surface area contributed by atoms with Crippen molar-refractivity contribution in [3.63, 3.8) is 0 Å². The Labute approximate surface area is 334 Å². The lowest BCUT2D eigenvalue weighted by Gasteiger charge is -2.15. The monoisotopic (exact) mass is 738 g/mol. The van der Waals surface area contributed by atoms with Gasteiger partial charge in [-0.05, 0) is 92.7 Å². The first-order valence-corrected chi connectivity index (χ1v) is 19.7. The maximum absolute atomic E-state index is 5.12. The number of hydrogen-bond donors (Lipinski definition) is 0. The second-order valence-electron chi connectivity index (χ2n) is 15.0. The van der Waals surface area contributed by atoms with E-state index in [1.54, 1.807) is 0 Å². The normalized spacial score (nSPS) is 11.8. The van der Waals surface area contributed by atoms with Gasteiger partial charge in [-0.2, -0.15) is 0 Å². The largest absolute Gasteiger partial charge is 0.309 e. The van der Waals surface area contributed by atoms with E-state index < -0.39 is 0 Å². The van der Waals surface area contributed by atoms with Crippen molar-refractivity contribution in [2.45, 2.75) is 0 Å². The van der Waals surface area contributed by atoms with E-state index in [9.17, 15) is 0 Å². The summed E-state index contributed by atoms with van der Waals surface area (Å²) in [6.45, 7) is 0. The van der Waals surface area contributed by atoms with Crippen LogP contribution in [0.4, 0.5) is 0 Å². The first-order valence-electron chi connectivity index (χ1n) is 19.7. The third-order valence-corrected chi connectivity index (χ3v) is 11.7. The zero-order valence-corrected chi connectivity index (χ0v) is 31.4. The van der Waals surface area contributed by atoms with E-state index in [0.29, 0.717) is 5.95 Å². The van der Waals surface area contributed by atoms with Gasteiger partial charge in [-0.15, -0.1) is 0 Å². The molecule has 4 heteroatoms. The highest BCUT2D eigenvalue weighted by molar-refractivity contribution is 6.24. The van der Waals surface area contributed by atoms with Crippen molar-refractivity contribution in [1.29, 1.82) is 0 Å². The van der Waals surface area contributed by atoms with Gasteiger partial charge in [0.1, 0.15) is 0 Å². The Kier molecular flexibility index (Phi) is 7.20. The molecule has 0 aliphatic carbocycles. The molecular formula is C54H34N4. The third kappa shape index (κ3) is 5.02. The Morgan fingerprint density at radius 2 is 0.931 bits per heavy atom. The van der Waals surface area contributed by atoms with Gasteiger partial charge in [-0.1, -0.05) is 152 Å². The number of hydrogen-bond acceptors (Lipinski definition) is 2. The quantitative estimate of drug-likeness (QED) is 0.176. The fourth-order valence-corrected chi connectivity index (χ4v) is 9.11. The van der Waals surface area contributed by atoms with Gasteiger partial charge in [0.25, 0.3) is 0 Å². The molecule has 58 heavy (non-hydrogen) atoms. The second-order valence-corrected chi connectivity index (χ2v) is 15.0. The van der Waals surface area contributed by atoms with Crippen LogP contribution in [0.3, 0.4) is 0 Å². The molecule has 0 spiro atoms. The van der Waals surface area contributed by atoms with Gasteiger partial charge in [0, 0.05) is 38.8 Å². The first-order chi connectivity index (χ1) is 28.8. The third-order valence-electron chi connectivity index (χ3n) is 11.7. The van der Waals surface area contributed by atoms with Crippen LogP contribution in [-0.2, 0) is 0 Å². The summed E-state index contributed by atoms with van der Waals surface area (Å²) in [5, 5.41) is 8.26. The van der Waals surface area contributed by atoms with Crippen LogP contribution in [0, 0.1) is 0 Å². The lowest BCUT2D eigenvalue weighted by Crippen LogP contribution is -2.01. The molecule has 0 aliphatic rings. The van der Waals surface area contributed by atoms with Crippen LogP contribution in [0.15, 0.2) is 206 Å². The summed E-state index contributed by atoms with van der Waals surface area (Å²) in [4.78, 5) is 10.1. The topological polar surface area (TPSA) is 35.6 Å². The predicted molar refractivity (Wildman–Crippen MR) is 242 cm³/mol. The van der Waals surface area contributed by atoms with Crippen LogP contribution in [0.2, 0.25) is 0 Å². The van der Waals surface area contributed by atoms with E-state index in [4.69, 9.17) is 9.97 Å². The van der Waals surface area contributed by atoms with E-state index in [1.807, 2.05) is 18.3 Å². The fourth-order valence-electron chi connectivity index (χ4n) is 9.11. The molecule has 0 saturated carbocycles. The Bertz CT molecular complexity index is 3500. The Hall–Kier alpha value is -7.82. The summed E-state index contributed by atoms with van der Waals surface area (Å²) in [5.41, 5.74) is 13.6. The molecule has 0 N–H and O–H groups in total. The number of fused-ring (bicyclic) bond motifs is 9. The smallest absolute Gasteiger partial charge is 0.235 e. The summed E-state index contributed by atoms with van der Waals surface area (Å²) in [6.07, 6.45) is 1.93. The SMILES string of the molecule is c1ccc(-c2cc(-c3ccccc3)cc(-n3c4ccccc4c4ccc(-c5cc6c(c7ccccc57)c5ccccc5n6-c5ncc6ccccc6n5)cc43)c2)cc1. The molecule has 0 bridgehead atoms. The molecule has 0 aliphatic heterocycles. The highest BCUT2D eigenvalue weighted by atomic mass is 15.2. The molecule has 0 fully saturated rings. The van der Waals surface area contributed by atoms with E-state index in [-0.39, 0.29) is 0 Å². The molecule has 0 saturated heterocycles. The average molecular weight is 739 g/mol. The van der Waals surface area contributed by atoms with Crippen molar-refractivity contribution in [2.75, 3.05) is 0 Å². The molecule has 0 radical (unpaired) electrons. The van der Waals surface area contributed by atoms with Crippen LogP contribution >= 0.6 is 0 Å². The average Bonchev–Trinajstić information content (AvgIpc) is 3.81. The van der Waals surface area contributed by atoms with E-state index in [2.05, 4.69) is 197 Å². The maximum atomic E-state index is 5.12. The maximum Gasteiger partial charge on any atom is 0.235 e. The van der Waals surface area contributed by atoms with Crippen molar-refractivity contribution in [2.24, 2.45) is 0 Å². The molecule has 12 aromatic rings. The number of rotatable bonds is 5. The van der Waals surface area contributed by atoms with Gasteiger partial charge in [-0.3, -0.25) is 4.57 Å². The minimum atomic E-state index is 0.661. The van der Waals surface area contributed by atoms with Crippen molar-refractivity contribution in [3.8, 4) is 45.0 Å². The van der Waals surface area contributed by atoms with Crippen molar-refractivity contribution < 1.29 is 0 Å². The lowest BCUT2D eigenvalue weighted by molar-refractivity contribution is 1.01. The predicted octanol–water partition coefficient (Wildman–Crippen LogP) is 14.0. The number of aromatic nitrogens is 4. The second kappa shape index (κ2) is 12.9. The molecule has 0 amide bonds. The minimum Gasteiger partial charge on any atom is -0.309 e. The Morgan fingerprint density at radius 3 is 1.67 bits per heavy atom. The van der Waals surface area contributed by atoms with Crippen LogP contribution in [-0.4, -0.2) is 19.1 Å². The molecule has 3 aromatic heterocycles. The van der Waals surface area contributed by atoms with Crippen molar-refractivity contribution >= 4 is 65.3 Å². The summed E-state index contributed by atoms with van der Waals surface area (Å²) < 4.78 is 4.69. The number of nitrogens with zero attached hydrogens (tertiary/aromatic N) is 4. The van der Waals surface area contributed by atoms with Crippen LogP contribution in [0.25, 0.3) is 110 Å². The van der Waals surface area contributed by atoms with Crippen LogP contribution in [0.5, 0.6) is 0 Å². The molecule has 12 rings (SSSR count). The van der Waals surface area contributed by atoms with Gasteiger partial charge < -0.3 is 4.57 Å². The summed E-state index contributed by atoms with van der Waals surface area (Å²) in [7, 11) is 0. The summed E-state index contributed by atoms with van der Waals surface area (Å²) in [6, 6.07) is 72.1. The van der Waals surface area contributed by atoms with Gasteiger partial charge in [0.15, 0.2) is 0 Å². The summed E-state index contributed by atoms with van der Waals surface area (Å²) in [5.74, 6) is 0.661. The molecule has 270 valence electrons. The van der Waals surface area contributed by atoms with E-state index in [1.165, 1.54) is 60.1 Å². The molecule has 0 atom stereocenters. The van der Waals surface area contributed by atoms with E-state index in [0.717, 1.165) is 44.3 Å².